The smallest absolute Gasteiger partial charge is 0.279 e. The molecule has 0 saturated heterocycles. The summed E-state index contributed by atoms with van der Waals surface area (Å²) in [4.78, 5) is 0. The van der Waals surface area contributed by atoms with Crippen LogP contribution in [0.4, 0.5) is 8.78 Å². The van der Waals surface area contributed by atoms with Gasteiger partial charge in [0.1, 0.15) is 6.61 Å². The first-order chi connectivity index (χ1) is 9.05. The van der Waals surface area contributed by atoms with E-state index in [4.69, 9.17) is 9.84 Å². The molecule has 0 aliphatic heterocycles. The SMILES string of the molecule is C=C[C@H]([C@H](CC)OCc1ccccc1)C(F)(F)CO. The number of alkyl halides is 2. The predicted octanol–water partition coefficient (Wildman–Crippen LogP) is 3.41. The Hall–Kier alpha value is -1.26. The maximum atomic E-state index is 13.6. The molecular weight excluding hydrogens is 250 g/mol. The zero-order chi connectivity index (χ0) is 14.3. The molecule has 0 amide bonds. The minimum Gasteiger partial charge on any atom is -0.390 e. The normalized spacial score (nSPS) is 14.9. The van der Waals surface area contributed by atoms with Crippen molar-refractivity contribution >= 4 is 0 Å². The molecule has 0 aliphatic carbocycles. The first-order valence-corrected chi connectivity index (χ1v) is 6.32. The molecule has 0 heterocycles. The van der Waals surface area contributed by atoms with Crippen LogP contribution < -0.4 is 0 Å². The third-order valence-corrected chi connectivity index (χ3v) is 3.06. The van der Waals surface area contributed by atoms with Crippen molar-refractivity contribution in [1.29, 1.82) is 0 Å². The number of aliphatic hydroxyl groups excluding tert-OH is 1. The van der Waals surface area contributed by atoms with E-state index in [1.807, 2.05) is 30.3 Å². The zero-order valence-corrected chi connectivity index (χ0v) is 11.1. The van der Waals surface area contributed by atoms with Crippen LogP contribution >= 0.6 is 0 Å². The number of hydrogen-bond acceptors (Lipinski definition) is 2. The second-order valence-electron chi connectivity index (χ2n) is 4.42. The van der Waals surface area contributed by atoms with E-state index in [0.717, 1.165) is 11.6 Å². The van der Waals surface area contributed by atoms with E-state index in [1.54, 1.807) is 6.92 Å². The lowest BCUT2D eigenvalue weighted by Crippen LogP contribution is -2.39. The van der Waals surface area contributed by atoms with Crippen LogP contribution in [0.1, 0.15) is 18.9 Å². The Kier molecular flexibility index (Phi) is 6.12. The highest BCUT2D eigenvalue weighted by Crippen LogP contribution is 2.31. The molecule has 0 aromatic heterocycles. The summed E-state index contributed by atoms with van der Waals surface area (Å²) in [6.07, 6.45) is 0.925. The molecule has 0 spiro atoms. The van der Waals surface area contributed by atoms with Crippen LogP contribution in [0.15, 0.2) is 43.0 Å². The fourth-order valence-electron chi connectivity index (χ4n) is 1.95. The third kappa shape index (κ3) is 4.40. The van der Waals surface area contributed by atoms with E-state index in [0.29, 0.717) is 6.42 Å². The van der Waals surface area contributed by atoms with Crippen molar-refractivity contribution in [2.75, 3.05) is 6.61 Å². The molecule has 1 aromatic rings. The van der Waals surface area contributed by atoms with Crippen LogP contribution in [0.5, 0.6) is 0 Å². The van der Waals surface area contributed by atoms with Crippen LogP contribution in [0, 0.1) is 5.92 Å². The van der Waals surface area contributed by atoms with Gasteiger partial charge in [0.25, 0.3) is 5.92 Å². The standard InChI is InChI=1S/C15H20F2O2/c1-3-13(15(16,17)11-18)14(4-2)19-10-12-8-6-5-7-9-12/h3,5-9,13-14,18H,1,4,10-11H2,2H3/t13-,14+/m1/s1. The Labute approximate surface area is 112 Å². The van der Waals surface area contributed by atoms with Gasteiger partial charge in [0.15, 0.2) is 0 Å². The van der Waals surface area contributed by atoms with Crippen molar-refractivity contribution in [3.63, 3.8) is 0 Å². The lowest BCUT2D eigenvalue weighted by Gasteiger charge is -2.29. The van der Waals surface area contributed by atoms with Gasteiger partial charge in [-0.25, -0.2) is 8.78 Å². The highest BCUT2D eigenvalue weighted by Gasteiger charge is 2.41. The summed E-state index contributed by atoms with van der Waals surface area (Å²) in [6, 6.07) is 9.37. The Morgan fingerprint density at radius 1 is 1.37 bits per heavy atom. The highest BCUT2D eigenvalue weighted by atomic mass is 19.3. The molecular formula is C15H20F2O2. The molecule has 2 atom stereocenters. The minimum absolute atomic E-state index is 0.269. The molecule has 4 heteroatoms. The van der Waals surface area contributed by atoms with E-state index in [9.17, 15) is 8.78 Å². The molecule has 0 saturated carbocycles. The molecule has 19 heavy (non-hydrogen) atoms. The zero-order valence-electron chi connectivity index (χ0n) is 11.1. The molecule has 106 valence electrons. The number of benzene rings is 1. The first-order valence-electron chi connectivity index (χ1n) is 6.32. The van der Waals surface area contributed by atoms with Crippen LogP contribution in [0.2, 0.25) is 0 Å². The summed E-state index contributed by atoms with van der Waals surface area (Å²) in [7, 11) is 0. The minimum atomic E-state index is -3.21. The number of halogens is 2. The molecule has 1 rings (SSSR count). The largest absolute Gasteiger partial charge is 0.390 e. The molecule has 0 radical (unpaired) electrons. The van der Waals surface area contributed by atoms with E-state index >= 15 is 0 Å². The first kappa shape index (κ1) is 15.8. The average molecular weight is 270 g/mol. The van der Waals surface area contributed by atoms with E-state index < -0.39 is 24.6 Å². The summed E-state index contributed by atoms with van der Waals surface area (Å²) >= 11 is 0. The second-order valence-corrected chi connectivity index (χ2v) is 4.42. The van der Waals surface area contributed by atoms with Gasteiger partial charge in [-0.2, -0.15) is 0 Å². The Balaban J connectivity index is 2.69. The van der Waals surface area contributed by atoms with Crippen molar-refractivity contribution < 1.29 is 18.6 Å². The highest BCUT2D eigenvalue weighted by molar-refractivity contribution is 5.13. The lowest BCUT2D eigenvalue weighted by atomic mass is 9.93. The van der Waals surface area contributed by atoms with Gasteiger partial charge in [-0.15, -0.1) is 6.58 Å². The maximum Gasteiger partial charge on any atom is 0.279 e. The van der Waals surface area contributed by atoms with Gasteiger partial charge < -0.3 is 9.84 Å². The number of ether oxygens (including phenoxy) is 1. The molecule has 0 bridgehead atoms. The fraction of sp³-hybridized carbons (Fsp3) is 0.467. The van der Waals surface area contributed by atoms with Gasteiger partial charge in [0.2, 0.25) is 0 Å². The monoisotopic (exact) mass is 270 g/mol. The summed E-state index contributed by atoms with van der Waals surface area (Å²) in [5.74, 6) is -4.40. The molecule has 0 unspecified atom stereocenters. The molecule has 0 fully saturated rings. The van der Waals surface area contributed by atoms with Gasteiger partial charge in [0, 0.05) is 0 Å². The number of rotatable bonds is 8. The van der Waals surface area contributed by atoms with Crippen molar-refractivity contribution in [2.24, 2.45) is 5.92 Å². The van der Waals surface area contributed by atoms with Crippen LogP contribution in [-0.4, -0.2) is 23.7 Å². The van der Waals surface area contributed by atoms with E-state index in [1.165, 1.54) is 0 Å². The van der Waals surface area contributed by atoms with Crippen molar-refractivity contribution in [2.45, 2.75) is 32.0 Å². The summed E-state index contributed by atoms with van der Waals surface area (Å²) < 4.78 is 32.7. The summed E-state index contributed by atoms with van der Waals surface area (Å²) in [5.41, 5.74) is 0.927. The Morgan fingerprint density at radius 3 is 2.47 bits per heavy atom. The van der Waals surface area contributed by atoms with Crippen molar-refractivity contribution in [3.05, 3.63) is 48.6 Å². The number of aliphatic hydroxyl groups is 1. The number of hydrogen-bond donors (Lipinski definition) is 1. The van der Waals surface area contributed by atoms with Gasteiger partial charge in [-0.1, -0.05) is 43.3 Å². The van der Waals surface area contributed by atoms with Gasteiger partial charge in [-0.05, 0) is 12.0 Å². The van der Waals surface area contributed by atoms with Crippen LogP contribution in [-0.2, 0) is 11.3 Å². The van der Waals surface area contributed by atoms with Crippen LogP contribution in [0.3, 0.4) is 0 Å². The lowest BCUT2D eigenvalue weighted by molar-refractivity contribution is -0.132. The molecule has 0 aliphatic rings. The summed E-state index contributed by atoms with van der Waals surface area (Å²) in [5, 5.41) is 8.77. The average Bonchev–Trinajstić information content (AvgIpc) is 2.44. The van der Waals surface area contributed by atoms with Crippen LogP contribution in [0.25, 0.3) is 0 Å². The molecule has 1 aromatic carbocycles. The topological polar surface area (TPSA) is 29.5 Å². The van der Waals surface area contributed by atoms with Crippen molar-refractivity contribution in [1.82, 2.24) is 0 Å². The maximum absolute atomic E-state index is 13.6. The molecule has 1 N–H and O–H groups in total. The second kappa shape index (κ2) is 7.36. The summed E-state index contributed by atoms with van der Waals surface area (Å²) in [6.45, 7) is 4.27. The van der Waals surface area contributed by atoms with Gasteiger partial charge >= 0.3 is 0 Å². The predicted molar refractivity (Wildman–Crippen MR) is 71.0 cm³/mol. The van der Waals surface area contributed by atoms with Gasteiger partial charge in [0.05, 0.1) is 18.6 Å². The third-order valence-electron chi connectivity index (χ3n) is 3.06. The molecule has 2 nitrogen and oxygen atoms in total. The van der Waals surface area contributed by atoms with Gasteiger partial charge in [-0.3, -0.25) is 0 Å². The quantitative estimate of drug-likeness (QED) is 0.733. The van der Waals surface area contributed by atoms with Crippen molar-refractivity contribution in [3.8, 4) is 0 Å². The Morgan fingerprint density at radius 2 is 2.00 bits per heavy atom. The van der Waals surface area contributed by atoms with E-state index in [-0.39, 0.29) is 6.61 Å². The van der Waals surface area contributed by atoms with E-state index in [2.05, 4.69) is 6.58 Å². The fourth-order valence-corrected chi connectivity index (χ4v) is 1.95. The Bertz CT molecular complexity index is 379.